The predicted octanol–water partition coefficient (Wildman–Crippen LogP) is 6.12. The highest BCUT2D eigenvalue weighted by atomic mass is 16.5. The van der Waals surface area contributed by atoms with Crippen LogP contribution in [0, 0.1) is 17.8 Å². The maximum atomic E-state index is 13.5. The molecule has 2 aliphatic heterocycles. The van der Waals surface area contributed by atoms with Gasteiger partial charge in [-0.3, -0.25) is 19.3 Å². The number of hydrogen-bond acceptors (Lipinski definition) is 5. The average molecular weight is 538 g/mol. The molecule has 2 fully saturated rings. The molecule has 0 aromatic heterocycles. The number of benzene rings is 1. The smallest absolute Gasteiger partial charge is 0.303 e. The van der Waals surface area contributed by atoms with Gasteiger partial charge in [-0.1, -0.05) is 62.5 Å². The summed E-state index contributed by atoms with van der Waals surface area (Å²) in [6.07, 6.45) is 10.4. The summed E-state index contributed by atoms with van der Waals surface area (Å²) in [5.74, 6) is -1.35. The number of hydrogen-bond donors (Lipinski definition) is 2. The van der Waals surface area contributed by atoms with Crippen LogP contribution < -0.4 is 0 Å². The van der Waals surface area contributed by atoms with Crippen LogP contribution in [-0.4, -0.2) is 52.2 Å². The first-order valence-corrected chi connectivity index (χ1v) is 14.7. The number of carbonyl (C=O) groups is 3. The Kier molecular flexibility index (Phi) is 10.0. The quantitative estimate of drug-likeness (QED) is 0.168. The molecule has 0 unspecified atom stereocenters. The molecule has 7 nitrogen and oxygen atoms in total. The van der Waals surface area contributed by atoms with E-state index in [1.165, 1.54) is 21.6 Å². The van der Waals surface area contributed by atoms with Crippen LogP contribution in [-0.2, 0) is 19.1 Å². The van der Waals surface area contributed by atoms with Crippen LogP contribution in [0.1, 0.15) is 90.0 Å². The molecule has 4 atom stereocenters. The third kappa shape index (κ3) is 6.81. The molecule has 39 heavy (non-hydrogen) atoms. The van der Waals surface area contributed by atoms with Crippen molar-refractivity contribution in [2.75, 3.05) is 13.2 Å². The van der Waals surface area contributed by atoms with E-state index in [0.717, 1.165) is 44.1 Å². The van der Waals surface area contributed by atoms with Crippen LogP contribution in [0.4, 0.5) is 0 Å². The summed E-state index contributed by atoms with van der Waals surface area (Å²) >= 11 is 0. The molecule has 1 aliphatic carbocycles. The highest BCUT2D eigenvalue weighted by Gasteiger charge is 2.56. The molecule has 1 aromatic carbocycles. The van der Waals surface area contributed by atoms with E-state index < -0.39 is 5.97 Å². The maximum Gasteiger partial charge on any atom is 0.303 e. The molecule has 3 aliphatic rings. The molecule has 2 amide bonds. The van der Waals surface area contributed by atoms with Gasteiger partial charge in [0.1, 0.15) is 5.75 Å². The van der Waals surface area contributed by atoms with Crippen molar-refractivity contribution in [1.29, 1.82) is 0 Å². The number of carbonyl (C=O) groups excluding carboxylic acids is 2. The van der Waals surface area contributed by atoms with E-state index in [2.05, 4.69) is 19.9 Å². The predicted molar refractivity (Wildman–Crippen MR) is 150 cm³/mol. The van der Waals surface area contributed by atoms with Crippen molar-refractivity contribution < 1.29 is 29.3 Å². The number of fused-ring (bicyclic) bond motifs is 3. The minimum Gasteiger partial charge on any atom is -0.508 e. The van der Waals surface area contributed by atoms with Gasteiger partial charge in [-0.05, 0) is 68.2 Å². The third-order valence-electron chi connectivity index (χ3n) is 8.46. The molecule has 0 spiro atoms. The molecule has 0 radical (unpaired) electrons. The van der Waals surface area contributed by atoms with Crippen LogP contribution in [0.5, 0.6) is 5.75 Å². The monoisotopic (exact) mass is 537 g/mol. The fourth-order valence-electron chi connectivity index (χ4n) is 6.78. The molecule has 2 N–H and O–H groups in total. The Bertz CT molecular complexity index is 1120. The molecular weight excluding hydrogens is 494 g/mol. The Labute approximate surface area is 231 Å². The van der Waals surface area contributed by atoms with E-state index in [4.69, 9.17) is 9.84 Å². The van der Waals surface area contributed by atoms with Crippen molar-refractivity contribution in [2.45, 2.75) is 90.6 Å². The van der Waals surface area contributed by atoms with Gasteiger partial charge < -0.3 is 14.9 Å². The fourth-order valence-corrected chi connectivity index (χ4v) is 6.78. The normalized spacial score (nSPS) is 24.9. The van der Waals surface area contributed by atoms with Gasteiger partial charge in [-0.2, -0.15) is 0 Å². The minimum absolute atomic E-state index is 0.0325. The van der Waals surface area contributed by atoms with E-state index in [-0.39, 0.29) is 47.8 Å². The second-order valence-electron chi connectivity index (χ2n) is 11.3. The molecule has 2 saturated heterocycles. The van der Waals surface area contributed by atoms with Crippen LogP contribution in [0.25, 0.3) is 6.08 Å². The third-order valence-corrected chi connectivity index (χ3v) is 8.46. The van der Waals surface area contributed by atoms with E-state index >= 15 is 0 Å². The Morgan fingerprint density at radius 1 is 1.05 bits per heavy atom. The number of aliphatic carboxylic acids is 1. The number of phenols is 1. The lowest BCUT2D eigenvalue weighted by atomic mass is 9.68. The first-order valence-electron chi connectivity index (χ1n) is 14.7. The molecule has 0 bridgehead atoms. The van der Waals surface area contributed by atoms with Crippen molar-refractivity contribution >= 4 is 23.9 Å². The lowest BCUT2D eigenvalue weighted by molar-refractivity contribution is -0.141. The molecule has 7 heteroatoms. The minimum atomic E-state index is -0.816. The first-order chi connectivity index (χ1) is 18.8. The van der Waals surface area contributed by atoms with E-state index in [0.29, 0.717) is 38.8 Å². The zero-order valence-corrected chi connectivity index (χ0v) is 23.4. The van der Waals surface area contributed by atoms with Crippen molar-refractivity contribution in [1.82, 2.24) is 4.90 Å². The van der Waals surface area contributed by atoms with E-state index in [9.17, 15) is 19.5 Å². The number of phenolic OH excluding ortho intramolecular Hbond substituents is 1. The Morgan fingerprint density at radius 3 is 2.59 bits per heavy atom. The van der Waals surface area contributed by atoms with Gasteiger partial charge in [0.25, 0.3) is 0 Å². The lowest BCUT2D eigenvalue weighted by Gasteiger charge is -2.32. The van der Waals surface area contributed by atoms with Gasteiger partial charge in [0.2, 0.25) is 11.8 Å². The number of carboxylic acid groups (broad SMARTS) is 1. The summed E-state index contributed by atoms with van der Waals surface area (Å²) < 4.78 is 6.37. The Balaban J connectivity index is 1.46. The molecule has 0 saturated carbocycles. The van der Waals surface area contributed by atoms with Gasteiger partial charge in [0.15, 0.2) is 0 Å². The summed E-state index contributed by atoms with van der Waals surface area (Å²) in [7, 11) is 0. The number of nitrogens with zero attached hydrogens (tertiary/aromatic N) is 1. The highest BCUT2D eigenvalue weighted by Crippen LogP contribution is 2.50. The van der Waals surface area contributed by atoms with E-state index in [1.807, 2.05) is 12.1 Å². The number of carboxylic acids is 1. The molecular formula is C32H43NO6. The number of unbranched alkanes of at least 4 members (excludes halogenated alkanes) is 2. The number of ether oxygens (including phenoxy) is 1. The van der Waals surface area contributed by atoms with Gasteiger partial charge in [0, 0.05) is 18.9 Å². The molecule has 212 valence electrons. The SMILES string of the molecule is CCCC1=C2[C@@H](CC/C(=C/c3cccc(O)c3)CCC)OC[C@@H]2[C@@H]2C(=O)N(CCCCCC(=O)O)C(=O)[C@@H]2C1. The Hall–Kier alpha value is -2.93. The molecule has 4 rings (SSSR count). The topological polar surface area (TPSA) is 104 Å². The van der Waals surface area contributed by atoms with Crippen LogP contribution in [0.15, 0.2) is 41.0 Å². The fraction of sp³-hybridized carbons (Fsp3) is 0.594. The number of aromatic hydroxyl groups is 1. The van der Waals surface area contributed by atoms with Crippen molar-refractivity contribution in [3.8, 4) is 5.75 Å². The van der Waals surface area contributed by atoms with Gasteiger partial charge in [-0.25, -0.2) is 0 Å². The number of allylic oxidation sites excluding steroid dienone is 2. The van der Waals surface area contributed by atoms with Crippen molar-refractivity contribution in [2.24, 2.45) is 17.8 Å². The van der Waals surface area contributed by atoms with Crippen LogP contribution in [0.2, 0.25) is 0 Å². The summed E-state index contributed by atoms with van der Waals surface area (Å²) in [5.41, 5.74) is 4.90. The first kappa shape index (κ1) is 29.1. The van der Waals surface area contributed by atoms with Gasteiger partial charge >= 0.3 is 5.97 Å². The summed E-state index contributed by atoms with van der Waals surface area (Å²) in [6.45, 7) is 5.18. The molecule has 1 aromatic rings. The number of rotatable bonds is 14. The molecule has 2 heterocycles. The summed E-state index contributed by atoms with van der Waals surface area (Å²) in [4.78, 5) is 39.1. The van der Waals surface area contributed by atoms with E-state index in [1.54, 1.807) is 12.1 Å². The van der Waals surface area contributed by atoms with Crippen LogP contribution >= 0.6 is 0 Å². The van der Waals surface area contributed by atoms with Crippen molar-refractivity contribution in [3.63, 3.8) is 0 Å². The van der Waals surface area contributed by atoms with Crippen molar-refractivity contribution in [3.05, 3.63) is 46.5 Å². The standard InChI is InChI=1S/C32H43NO6/c1-3-9-21(17-22-11-8-12-24(34)18-22)14-15-27-29-23(10-4-2)19-25-30(26(29)20-39-27)32(38)33(31(25)37)16-7-5-6-13-28(35)36/h8,11-12,17-18,25-27,30,34H,3-7,9-10,13-16,19-20H2,1-2H3,(H,35,36)/b21-17+/t25-,26+,27-,30-/m1/s1. The number of likely N-dealkylation sites (tertiary alicyclic amines) is 1. The number of imide groups is 1. The largest absolute Gasteiger partial charge is 0.508 e. The Morgan fingerprint density at radius 2 is 1.87 bits per heavy atom. The second kappa shape index (κ2) is 13.4. The average Bonchev–Trinajstić information content (AvgIpc) is 3.42. The lowest BCUT2D eigenvalue weighted by Crippen LogP contribution is -2.34. The highest BCUT2D eigenvalue weighted by molar-refractivity contribution is 6.06. The van der Waals surface area contributed by atoms with Gasteiger partial charge in [0.05, 0.1) is 24.5 Å². The number of amides is 2. The summed E-state index contributed by atoms with van der Waals surface area (Å²) in [6, 6.07) is 7.31. The zero-order valence-electron chi connectivity index (χ0n) is 23.4. The second-order valence-corrected chi connectivity index (χ2v) is 11.3. The maximum absolute atomic E-state index is 13.5. The zero-order chi connectivity index (χ0) is 27.9. The van der Waals surface area contributed by atoms with Gasteiger partial charge in [-0.15, -0.1) is 0 Å². The summed E-state index contributed by atoms with van der Waals surface area (Å²) in [5, 5.41) is 18.7. The van der Waals surface area contributed by atoms with Crippen LogP contribution in [0.3, 0.4) is 0 Å².